The zero-order chi connectivity index (χ0) is 24.3. The average Bonchev–Trinajstić information content (AvgIpc) is 3.58. The van der Waals surface area contributed by atoms with Gasteiger partial charge in [-0.05, 0) is 41.8 Å². The van der Waals surface area contributed by atoms with Gasteiger partial charge < -0.3 is 14.1 Å². The summed E-state index contributed by atoms with van der Waals surface area (Å²) in [6, 6.07) is 11.3. The van der Waals surface area contributed by atoms with E-state index in [4.69, 9.17) is 9.15 Å². The SMILES string of the molecule is CN(Cc1ccco1)C(=O)COC(=O)c1nc(-c2cccs2)n(-c2cccc(C(F)(F)F)c2)n1. The molecule has 4 aromatic rings. The van der Waals surface area contributed by atoms with Gasteiger partial charge in [-0.25, -0.2) is 9.48 Å². The number of carbonyl (C=O) groups excluding carboxylic acids is 2. The maximum absolute atomic E-state index is 13.2. The molecule has 0 aliphatic rings. The van der Waals surface area contributed by atoms with Gasteiger partial charge in [0.25, 0.3) is 11.7 Å². The van der Waals surface area contributed by atoms with Crippen molar-refractivity contribution in [1.29, 1.82) is 0 Å². The van der Waals surface area contributed by atoms with Gasteiger partial charge in [0.15, 0.2) is 12.4 Å². The van der Waals surface area contributed by atoms with Gasteiger partial charge in [-0.1, -0.05) is 12.1 Å². The van der Waals surface area contributed by atoms with Crippen molar-refractivity contribution in [2.45, 2.75) is 12.7 Å². The quantitative estimate of drug-likeness (QED) is 0.356. The molecule has 0 N–H and O–H groups in total. The third-order valence-electron chi connectivity index (χ3n) is 4.67. The molecular weight excluding hydrogens is 473 g/mol. The molecule has 0 atom stereocenters. The number of aromatic nitrogens is 3. The van der Waals surface area contributed by atoms with Crippen LogP contribution in [0.4, 0.5) is 13.2 Å². The van der Waals surface area contributed by atoms with Crippen molar-refractivity contribution in [2.75, 3.05) is 13.7 Å². The molecule has 0 radical (unpaired) electrons. The van der Waals surface area contributed by atoms with E-state index < -0.39 is 30.2 Å². The van der Waals surface area contributed by atoms with Crippen LogP contribution in [0.1, 0.15) is 21.9 Å². The van der Waals surface area contributed by atoms with E-state index >= 15 is 0 Å². The minimum absolute atomic E-state index is 0.0685. The monoisotopic (exact) mass is 490 g/mol. The number of rotatable bonds is 7. The van der Waals surface area contributed by atoms with Crippen LogP contribution < -0.4 is 0 Å². The van der Waals surface area contributed by atoms with Crippen molar-refractivity contribution in [3.8, 4) is 16.4 Å². The first-order valence-corrected chi connectivity index (χ1v) is 10.7. The molecule has 12 heteroatoms. The Morgan fingerprint density at radius 2 is 2.00 bits per heavy atom. The van der Waals surface area contributed by atoms with E-state index in [0.717, 1.165) is 16.8 Å². The van der Waals surface area contributed by atoms with Crippen LogP contribution in [-0.4, -0.2) is 45.2 Å². The molecule has 0 saturated carbocycles. The Balaban J connectivity index is 1.55. The van der Waals surface area contributed by atoms with Crippen molar-refractivity contribution in [3.63, 3.8) is 0 Å². The number of furan rings is 1. The van der Waals surface area contributed by atoms with Crippen molar-refractivity contribution in [2.24, 2.45) is 0 Å². The Kier molecular flexibility index (Phi) is 6.50. The minimum Gasteiger partial charge on any atom is -0.467 e. The summed E-state index contributed by atoms with van der Waals surface area (Å²) < 4.78 is 51.0. The van der Waals surface area contributed by atoms with Crippen LogP contribution in [0.5, 0.6) is 0 Å². The van der Waals surface area contributed by atoms with Crippen molar-refractivity contribution < 1.29 is 31.9 Å². The highest BCUT2D eigenvalue weighted by molar-refractivity contribution is 7.13. The Morgan fingerprint density at radius 3 is 2.68 bits per heavy atom. The largest absolute Gasteiger partial charge is 0.467 e. The van der Waals surface area contributed by atoms with Gasteiger partial charge >= 0.3 is 12.1 Å². The van der Waals surface area contributed by atoms with Gasteiger partial charge in [0.05, 0.1) is 28.9 Å². The first-order valence-electron chi connectivity index (χ1n) is 9.84. The molecule has 176 valence electrons. The lowest BCUT2D eigenvalue weighted by Crippen LogP contribution is -2.30. The number of amides is 1. The highest BCUT2D eigenvalue weighted by Crippen LogP contribution is 2.32. The molecule has 8 nitrogen and oxygen atoms in total. The lowest BCUT2D eigenvalue weighted by atomic mass is 10.2. The summed E-state index contributed by atoms with van der Waals surface area (Å²) in [7, 11) is 1.52. The summed E-state index contributed by atoms with van der Waals surface area (Å²) in [6.45, 7) is -0.378. The number of nitrogens with zero attached hydrogens (tertiary/aromatic N) is 4. The normalized spacial score (nSPS) is 11.4. The summed E-state index contributed by atoms with van der Waals surface area (Å²) in [6.07, 6.45) is -3.07. The Hall–Kier alpha value is -3.93. The van der Waals surface area contributed by atoms with Crippen molar-refractivity contribution in [3.05, 3.63) is 77.3 Å². The number of likely N-dealkylation sites (N-methyl/N-ethyl adjacent to an activating group) is 1. The van der Waals surface area contributed by atoms with E-state index in [-0.39, 0.29) is 23.9 Å². The summed E-state index contributed by atoms with van der Waals surface area (Å²) in [4.78, 5) is 30.9. The molecule has 3 heterocycles. The highest BCUT2D eigenvalue weighted by Gasteiger charge is 2.31. The summed E-state index contributed by atoms with van der Waals surface area (Å²) in [5, 5.41) is 5.83. The summed E-state index contributed by atoms with van der Waals surface area (Å²) in [5.41, 5.74) is -0.800. The van der Waals surface area contributed by atoms with Crippen LogP contribution in [0.15, 0.2) is 64.6 Å². The number of benzene rings is 1. The number of ether oxygens (including phenoxy) is 1. The molecule has 0 aliphatic heterocycles. The van der Waals surface area contributed by atoms with E-state index in [1.807, 2.05) is 0 Å². The minimum atomic E-state index is -4.55. The van der Waals surface area contributed by atoms with Crippen LogP contribution in [0.25, 0.3) is 16.4 Å². The number of halogens is 3. The summed E-state index contributed by atoms with van der Waals surface area (Å²) in [5.74, 6) is -1.13. The molecule has 1 aromatic carbocycles. The second kappa shape index (κ2) is 9.51. The maximum Gasteiger partial charge on any atom is 0.416 e. The van der Waals surface area contributed by atoms with Crippen LogP contribution in [0.2, 0.25) is 0 Å². The molecule has 0 saturated heterocycles. The Morgan fingerprint density at radius 1 is 1.18 bits per heavy atom. The predicted octanol–water partition coefficient (Wildman–Crippen LogP) is 4.42. The number of alkyl halides is 3. The van der Waals surface area contributed by atoms with E-state index in [1.165, 1.54) is 41.7 Å². The van der Waals surface area contributed by atoms with Gasteiger partial charge in [0.1, 0.15) is 5.76 Å². The molecule has 34 heavy (non-hydrogen) atoms. The maximum atomic E-state index is 13.2. The van der Waals surface area contributed by atoms with E-state index in [9.17, 15) is 22.8 Å². The van der Waals surface area contributed by atoms with Crippen LogP contribution in [0.3, 0.4) is 0 Å². The van der Waals surface area contributed by atoms with Crippen molar-refractivity contribution >= 4 is 23.2 Å². The second-order valence-electron chi connectivity index (χ2n) is 7.10. The van der Waals surface area contributed by atoms with Crippen LogP contribution in [-0.2, 0) is 22.3 Å². The van der Waals surface area contributed by atoms with Gasteiger partial charge in [0.2, 0.25) is 0 Å². The fourth-order valence-electron chi connectivity index (χ4n) is 2.98. The molecule has 3 aromatic heterocycles. The van der Waals surface area contributed by atoms with E-state index in [2.05, 4.69) is 10.1 Å². The fourth-order valence-corrected chi connectivity index (χ4v) is 3.68. The highest BCUT2D eigenvalue weighted by atomic mass is 32.1. The van der Waals surface area contributed by atoms with Gasteiger partial charge in [0, 0.05) is 7.05 Å². The first-order chi connectivity index (χ1) is 16.2. The average molecular weight is 490 g/mol. The van der Waals surface area contributed by atoms with E-state index in [1.54, 1.807) is 29.6 Å². The first kappa shape index (κ1) is 23.2. The molecule has 0 bridgehead atoms. The molecule has 0 spiro atoms. The second-order valence-corrected chi connectivity index (χ2v) is 8.05. The van der Waals surface area contributed by atoms with Crippen LogP contribution >= 0.6 is 11.3 Å². The van der Waals surface area contributed by atoms with Crippen molar-refractivity contribution in [1.82, 2.24) is 19.7 Å². The molecule has 0 aliphatic carbocycles. The van der Waals surface area contributed by atoms with Crippen LogP contribution in [0, 0.1) is 0 Å². The molecule has 0 unspecified atom stereocenters. The lowest BCUT2D eigenvalue weighted by Gasteiger charge is -2.15. The predicted molar refractivity (Wildman–Crippen MR) is 115 cm³/mol. The zero-order valence-electron chi connectivity index (χ0n) is 17.7. The number of hydrogen-bond acceptors (Lipinski definition) is 7. The molecule has 1 amide bonds. The summed E-state index contributed by atoms with van der Waals surface area (Å²) >= 11 is 1.28. The topological polar surface area (TPSA) is 90.5 Å². The lowest BCUT2D eigenvalue weighted by molar-refractivity contribution is -0.137. The van der Waals surface area contributed by atoms with Gasteiger partial charge in [-0.3, -0.25) is 4.79 Å². The standard InChI is InChI=1S/C22H17F3N4O4S/c1-28(12-16-7-3-9-32-16)18(30)13-33-21(31)19-26-20(17-8-4-10-34-17)29(27-19)15-6-2-5-14(11-15)22(23,24)25/h2-11H,12-13H2,1H3. The molecular formula is C22H17F3N4O4S. The molecule has 4 rings (SSSR count). The third-order valence-corrected chi connectivity index (χ3v) is 5.54. The van der Waals surface area contributed by atoms with Gasteiger partial charge in [-0.15, -0.1) is 16.4 Å². The zero-order valence-corrected chi connectivity index (χ0v) is 18.5. The third kappa shape index (κ3) is 5.17. The number of esters is 1. The number of thiophene rings is 1. The smallest absolute Gasteiger partial charge is 0.416 e. The number of carbonyl (C=O) groups is 2. The Bertz CT molecular complexity index is 1280. The molecule has 0 fully saturated rings. The van der Waals surface area contributed by atoms with E-state index in [0.29, 0.717) is 10.6 Å². The van der Waals surface area contributed by atoms with Gasteiger partial charge in [-0.2, -0.15) is 18.2 Å². The fraction of sp³-hybridized carbons (Fsp3) is 0.182. The number of hydrogen-bond donors (Lipinski definition) is 0. The Labute approximate surface area is 195 Å².